The van der Waals surface area contributed by atoms with Crippen LogP contribution >= 0.6 is 0 Å². The largest absolute Gasteiger partial charge is 0.494 e. The summed E-state index contributed by atoms with van der Waals surface area (Å²) in [5, 5.41) is 2.97. The number of benzene rings is 1. The van der Waals surface area contributed by atoms with Crippen molar-refractivity contribution in [3.8, 4) is 5.75 Å². The Balaban J connectivity index is 1.65. The molecule has 10 heteroatoms. The summed E-state index contributed by atoms with van der Waals surface area (Å²) in [6.45, 7) is 0.625. The van der Waals surface area contributed by atoms with Crippen molar-refractivity contribution >= 4 is 34.2 Å². The summed E-state index contributed by atoms with van der Waals surface area (Å²) in [6.07, 6.45) is 1.29. The second-order valence-corrected chi connectivity index (χ2v) is 7.26. The molecule has 1 aromatic carbocycles. The van der Waals surface area contributed by atoms with Gasteiger partial charge in [0.25, 0.3) is 11.5 Å². The minimum Gasteiger partial charge on any atom is -0.494 e. The van der Waals surface area contributed by atoms with E-state index in [4.69, 9.17) is 4.74 Å². The number of hydrogen-bond donors (Lipinski definition) is 1. The molecule has 0 spiro atoms. The van der Waals surface area contributed by atoms with Crippen LogP contribution in [-0.2, 0) is 18.9 Å². The summed E-state index contributed by atoms with van der Waals surface area (Å²) in [5.74, 6) is -0.0142. The molecule has 1 saturated heterocycles. The first-order valence-electron chi connectivity index (χ1n) is 9.68. The third-order valence-corrected chi connectivity index (χ3v) is 5.34. The maximum atomic E-state index is 12.7. The van der Waals surface area contributed by atoms with Gasteiger partial charge in [-0.1, -0.05) is 0 Å². The molecular formula is C21H21N5O5. The zero-order valence-corrected chi connectivity index (χ0v) is 17.3. The lowest BCUT2D eigenvalue weighted by Gasteiger charge is -2.19. The van der Waals surface area contributed by atoms with Crippen molar-refractivity contribution in [2.45, 2.75) is 12.8 Å². The number of ether oxygens (including phenoxy) is 1. The molecule has 4 rings (SSSR count). The van der Waals surface area contributed by atoms with Gasteiger partial charge in [0.05, 0.1) is 18.2 Å². The van der Waals surface area contributed by atoms with E-state index in [0.717, 1.165) is 11.0 Å². The van der Waals surface area contributed by atoms with Crippen molar-refractivity contribution in [1.82, 2.24) is 14.1 Å². The Hall–Kier alpha value is -3.95. The van der Waals surface area contributed by atoms with Gasteiger partial charge in [0.1, 0.15) is 17.1 Å². The first-order valence-corrected chi connectivity index (χ1v) is 9.68. The molecule has 1 fully saturated rings. The number of anilines is 2. The van der Waals surface area contributed by atoms with Crippen molar-refractivity contribution < 1.29 is 14.3 Å². The molecule has 10 nitrogen and oxygen atoms in total. The summed E-state index contributed by atoms with van der Waals surface area (Å²) in [6, 6.07) is 7.93. The summed E-state index contributed by atoms with van der Waals surface area (Å²) in [4.78, 5) is 55.1. The van der Waals surface area contributed by atoms with Crippen molar-refractivity contribution in [2.75, 3.05) is 23.9 Å². The lowest BCUT2D eigenvalue weighted by molar-refractivity contribution is -0.117. The molecule has 0 radical (unpaired) electrons. The second-order valence-electron chi connectivity index (χ2n) is 7.26. The molecule has 1 N–H and O–H groups in total. The van der Waals surface area contributed by atoms with Crippen LogP contribution < -0.4 is 26.2 Å². The lowest BCUT2D eigenvalue weighted by Crippen LogP contribution is -2.37. The quantitative estimate of drug-likeness (QED) is 0.670. The average Bonchev–Trinajstić information content (AvgIpc) is 3.21. The number of fused-ring (bicyclic) bond motifs is 1. The Kier molecular flexibility index (Phi) is 5.05. The number of pyridine rings is 1. The highest BCUT2D eigenvalue weighted by Crippen LogP contribution is 2.33. The standard InChI is InChI=1S/C21H21N5O5/c1-24-18-13(20(29)25(2)21(24)30)7-8-14(23-18)19(28)22-12-6-9-15(16(11-12)31-3)26-10-4-5-17(26)27/h6-9,11H,4-5,10H2,1-3H3,(H,22,28). The first kappa shape index (κ1) is 20.3. The van der Waals surface area contributed by atoms with Crippen LogP contribution in [0, 0.1) is 0 Å². The van der Waals surface area contributed by atoms with Gasteiger partial charge in [-0.05, 0) is 30.7 Å². The van der Waals surface area contributed by atoms with E-state index < -0.39 is 17.2 Å². The minimum atomic E-state index is -0.528. The molecule has 1 aliphatic heterocycles. The summed E-state index contributed by atoms with van der Waals surface area (Å²) < 4.78 is 7.62. The molecule has 3 heterocycles. The first-order chi connectivity index (χ1) is 14.8. The van der Waals surface area contributed by atoms with Crippen LogP contribution in [0.3, 0.4) is 0 Å². The highest BCUT2D eigenvalue weighted by molar-refractivity contribution is 6.04. The summed E-state index contributed by atoms with van der Waals surface area (Å²) >= 11 is 0. The number of rotatable bonds is 4. The van der Waals surface area contributed by atoms with E-state index in [-0.39, 0.29) is 22.6 Å². The third-order valence-electron chi connectivity index (χ3n) is 5.34. The maximum Gasteiger partial charge on any atom is 0.332 e. The normalized spacial score (nSPS) is 13.6. The van der Waals surface area contributed by atoms with E-state index in [9.17, 15) is 19.2 Å². The molecule has 1 aliphatic rings. The summed E-state index contributed by atoms with van der Waals surface area (Å²) in [7, 11) is 4.37. The van der Waals surface area contributed by atoms with Crippen molar-refractivity contribution in [3.63, 3.8) is 0 Å². The number of amides is 2. The Bertz CT molecular complexity index is 1340. The van der Waals surface area contributed by atoms with E-state index in [1.165, 1.54) is 37.9 Å². The molecule has 0 unspecified atom stereocenters. The smallest absolute Gasteiger partial charge is 0.332 e. The number of hydrogen-bond acceptors (Lipinski definition) is 6. The number of aromatic nitrogens is 3. The maximum absolute atomic E-state index is 12.7. The SMILES string of the molecule is COc1cc(NC(=O)c2ccc3c(=O)n(C)c(=O)n(C)c3n2)ccc1N1CCCC1=O. The Labute approximate surface area is 176 Å². The van der Waals surface area contributed by atoms with E-state index in [1.54, 1.807) is 23.1 Å². The zero-order chi connectivity index (χ0) is 22.3. The molecule has 160 valence electrons. The molecule has 0 atom stereocenters. The average molecular weight is 423 g/mol. The predicted molar refractivity (Wildman–Crippen MR) is 115 cm³/mol. The van der Waals surface area contributed by atoms with Crippen LogP contribution in [0.25, 0.3) is 11.0 Å². The summed E-state index contributed by atoms with van der Waals surface area (Å²) in [5.41, 5.74) is 0.276. The monoisotopic (exact) mass is 423 g/mol. The van der Waals surface area contributed by atoms with Crippen LogP contribution in [-0.4, -0.2) is 39.6 Å². The van der Waals surface area contributed by atoms with E-state index in [1.807, 2.05) is 0 Å². The van der Waals surface area contributed by atoms with E-state index in [0.29, 0.717) is 30.1 Å². The Morgan fingerprint density at radius 2 is 1.87 bits per heavy atom. The predicted octanol–water partition coefficient (Wildman–Crippen LogP) is 1.02. The fraction of sp³-hybridized carbons (Fsp3) is 0.286. The van der Waals surface area contributed by atoms with Crippen LogP contribution in [0.5, 0.6) is 5.75 Å². The third kappa shape index (κ3) is 3.45. The van der Waals surface area contributed by atoms with Gasteiger partial charge in [0, 0.05) is 38.8 Å². The fourth-order valence-corrected chi connectivity index (χ4v) is 3.66. The van der Waals surface area contributed by atoms with Crippen LogP contribution in [0.1, 0.15) is 23.3 Å². The van der Waals surface area contributed by atoms with Gasteiger partial charge in [0.15, 0.2) is 0 Å². The lowest BCUT2D eigenvalue weighted by atomic mass is 10.2. The Morgan fingerprint density at radius 3 is 2.55 bits per heavy atom. The van der Waals surface area contributed by atoms with Crippen molar-refractivity contribution in [2.24, 2.45) is 14.1 Å². The van der Waals surface area contributed by atoms with Gasteiger partial charge in [0.2, 0.25) is 5.91 Å². The number of carbonyl (C=O) groups is 2. The number of carbonyl (C=O) groups excluding carboxylic acids is 2. The van der Waals surface area contributed by atoms with Gasteiger partial charge in [-0.25, -0.2) is 9.78 Å². The molecule has 31 heavy (non-hydrogen) atoms. The zero-order valence-electron chi connectivity index (χ0n) is 17.3. The highest BCUT2D eigenvalue weighted by Gasteiger charge is 2.24. The molecule has 0 aliphatic carbocycles. The fourth-order valence-electron chi connectivity index (χ4n) is 3.66. The second kappa shape index (κ2) is 7.71. The molecule has 0 bridgehead atoms. The van der Waals surface area contributed by atoms with Crippen LogP contribution in [0.15, 0.2) is 39.9 Å². The number of nitrogens with zero attached hydrogens (tertiary/aromatic N) is 4. The van der Waals surface area contributed by atoms with Gasteiger partial charge < -0.3 is 15.0 Å². The van der Waals surface area contributed by atoms with Gasteiger partial charge in [-0.2, -0.15) is 0 Å². The van der Waals surface area contributed by atoms with Crippen LogP contribution in [0.4, 0.5) is 11.4 Å². The van der Waals surface area contributed by atoms with Gasteiger partial charge >= 0.3 is 5.69 Å². The molecule has 2 aromatic heterocycles. The Morgan fingerprint density at radius 1 is 1.10 bits per heavy atom. The molecule has 0 saturated carbocycles. The topological polar surface area (TPSA) is 116 Å². The van der Waals surface area contributed by atoms with E-state index >= 15 is 0 Å². The highest BCUT2D eigenvalue weighted by atomic mass is 16.5. The molecule has 2 amide bonds. The van der Waals surface area contributed by atoms with Gasteiger partial charge in [-0.15, -0.1) is 0 Å². The molecular weight excluding hydrogens is 402 g/mol. The number of aryl methyl sites for hydroxylation is 1. The van der Waals surface area contributed by atoms with Crippen molar-refractivity contribution in [1.29, 1.82) is 0 Å². The number of methoxy groups -OCH3 is 1. The number of nitrogens with one attached hydrogen (secondary N) is 1. The van der Waals surface area contributed by atoms with Gasteiger partial charge in [-0.3, -0.25) is 23.5 Å². The minimum absolute atomic E-state index is 0.0344. The van der Waals surface area contributed by atoms with E-state index in [2.05, 4.69) is 10.3 Å². The van der Waals surface area contributed by atoms with Crippen molar-refractivity contribution in [3.05, 3.63) is 56.9 Å². The molecule has 3 aromatic rings. The van der Waals surface area contributed by atoms with Crippen LogP contribution in [0.2, 0.25) is 0 Å².